The van der Waals surface area contributed by atoms with Crippen LogP contribution in [0.2, 0.25) is 0 Å². The maximum absolute atomic E-state index is 4.50. The standard InChI is InChI=1S/C13H14IN3/c1-9-5-3-4-6-10(9)7-12-16-8-11(14)13(15-2)17-12/h3-6,8H,7H2,1-2H3,(H,15,16,17). The highest BCUT2D eigenvalue weighted by Gasteiger charge is 2.05. The average Bonchev–Trinajstić information content (AvgIpc) is 2.34. The molecule has 17 heavy (non-hydrogen) atoms. The van der Waals surface area contributed by atoms with E-state index < -0.39 is 0 Å². The Kier molecular flexibility index (Phi) is 3.93. The summed E-state index contributed by atoms with van der Waals surface area (Å²) in [5.74, 6) is 1.74. The number of hydrogen-bond acceptors (Lipinski definition) is 3. The number of rotatable bonds is 3. The van der Waals surface area contributed by atoms with Gasteiger partial charge in [0, 0.05) is 19.7 Å². The second kappa shape index (κ2) is 5.44. The number of halogens is 1. The number of anilines is 1. The molecule has 0 atom stereocenters. The first-order valence-corrected chi connectivity index (χ1v) is 6.52. The van der Waals surface area contributed by atoms with Crippen molar-refractivity contribution in [2.24, 2.45) is 0 Å². The molecule has 0 radical (unpaired) electrons. The first kappa shape index (κ1) is 12.3. The number of aryl methyl sites for hydroxylation is 1. The second-order valence-corrected chi connectivity index (χ2v) is 5.00. The molecule has 0 unspecified atom stereocenters. The fraction of sp³-hybridized carbons (Fsp3) is 0.231. The summed E-state index contributed by atoms with van der Waals surface area (Å²) < 4.78 is 1.04. The lowest BCUT2D eigenvalue weighted by Crippen LogP contribution is -2.03. The lowest BCUT2D eigenvalue weighted by atomic mass is 10.1. The van der Waals surface area contributed by atoms with Gasteiger partial charge in [0.15, 0.2) is 0 Å². The molecule has 2 rings (SSSR count). The Morgan fingerprint density at radius 1 is 1.29 bits per heavy atom. The Balaban J connectivity index is 2.28. The highest BCUT2D eigenvalue weighted by Crippen LogP contribution is 2.16. The highest BCUT2D eigenvalue weighted by molar-refractivity contribution is 14.1. The highest BCUT2D eigenvalue weighted by atomic mass is 127. The van der Waals surface area contributed by atoms with Crippen molar-refractivity contribution < 1.29 is 0 Å². The van der Waals surface area contributed by atoms with Crippen molar-refractivity contribution in [3.63, 3.8) is 0 Å². The summed E-state index contributed by atoms with van der Waals surface area (Å²) in [7, 11) is 1.88. The predicted molar refractivity (Wildman–Crippen MR) is 78.3 cm³/mol. The van der Waals surface area contributed by atoms with Gasteiger partial charge >= 0.3 is 0 Å². The quantitative estimate of drug-likeness (QED) is 0.874. The van der Waals surface area contributed by atoms with E-state index in [9.17, 15) is 0 Å². The Bertz CT molecular complexity index is 526. The topological polar surface area (TPSA) is 37.8 Å². The fourth-order valence-electron chi connectivity index (χ4n) is 1.64. The molecule has 1 aromatic carbocycles. The van der Waals surface area contributed by atoms with Gasteiger partial charge in [-0.3, -0.25) is 0 Å². The zero-order chi connectivity index (χ0) is 12.3. The minimum Gasteiger partial charge on any atom is -0.372 e. The van der Waals surface area contributed by atoms with Gasteiger partial charge in [0.05, 0.1) is 3.57 Å². The van der Waals surface area contributed by atoms with Crippen LogP contribution in [0.5, 0.6) is 0 Å². The van der Waals surface area contributed by atoms with Crippen LogP contribution in [0.3, 0.4) is 0 Å². The van der Waals surface area contributed by atoms with Gasteiger partial charge in [0.25, 0.3) is 0 Å². The number of benzene rings is 1. The van der Waals surface area contributed by atoms with Crippen molar-refractivity contribution in [3.8, 4) is 0 Å². The summed E-state index contributed by atoms with van der Waals surface area (Å²) in [6.45, 7) is 2.11. The van der Waals surface area contributed by atoms with Crippen molar-refractivity contribution in [1.29, 1.82) is 0 Å². The van der Waals surface area contributed by atoms with Gasteiger partial charge in [-0.25, -0.2) is 9.97 Å². The van der Waals surface area contributed by atoms with E-state index in [2.05, 4.69) is 56.9 Å². The Morgan fingerprint density at radius 3 is 2.76 bits per heavy atom. The molecule has 0 spiro atoms. The molecule has 0 saturated carbocycles. The van der Waals surface area contributed by atoms with E-state index in [0.29, 0.717) is 0 Å². The van der Waals surface area contributed by atoms with Gasteiger partial charge in [0.2, 0.25) is 0 Å². The molecule has 1 aromatic heterocycles. The van der Waals surface area contributed by atoms with E-state index in [4.69, 9.17) is 0 Å². The van der Waals surface area contributed by atoms with Crippen LogP contribution in [0.1, 0.15) is 17.0 Å². The van der Waals surface area contributed by atoms with Gasteiger partial charge < -0.3 is 5.32 Å². The summed E-state index contributed by atoms with van der Waals surface area (Å²) in [4.78, 5) is 8.86. The number of aromatic nitrogens is 2. The number of hydrogen-bond donors (Lipinski definition) is 1. The zero-order valence-electron chi connectivity index (χ0n) is 9.87. The largest absolute Gasteiger partial charge is 0.372 e. The summed E-state index contributed by atoms with van der Waals surface area (Å²) in [6, 6.07) is 8.33. The van der Waals surface area contributed by atoms with Gasteiger partial charge in [-0.05, 0) is 40.6 Å². The smallest absolute Gasteiger partial charge is 0.142 e. The maximum Gasteiger partial charge on any atom is 0.142 e. The first-order chi connectivity index (χ1) is 8.20. The van der Waals surface area contributed by atoms with Gasteiger partial charge in [-0.1, -0.05) is 24.3 Å². The summed E-state index contributed by atoms with van der Waals surface area (Å²) >= 11 is 2.23. The van der Waals surface area contributed by atoms with E-state index in [1.165, 1.54) is 11.1 Å². The van der Waals surface area contributed by atoms with Gasteiger partial charge in [-0.2, -0.15) is 0 Å². The van der Waals surface area contributed by atoms with Crippen molar-refractivity contribution in [2.75, 3.05) is 12.4 Å². The van der Waals surface area contributed by atoms with Crippen molar-refractivity contribution in [1.82, 2.24) is 9.97 Å². The van der Waals surface area contributed by atoms with E-state index in [1.807, 2.05) is 25.4 Å². The lowest BCUT2D eigenvalue weighted by molar-refractivity contribution is 0.956. The molecular formula is C13H14IN3. The molecule has 2 aromatic rings. The van der Waals surface area contributed by atoms with Crippen LogP contribution >= 0.6 is 22.6 Å². The number of nitrogens with one attached hydrogen (secondary N) is 1. The minimum absolute atomic E-state index is 0.776. The molecule has 88 valence electrons. The van der Waals surface area contributed by atoms with Crippen LogP contribution in [-0.4, -0.2) is 17.0 Å². The van der Waals surface area contributed by atoms with E-state index >= 15 is 0 Å². The molecule has 4 heteroatoms. The fourth-order valence-corrected chi connectivity index (χ4v) is 2.17. The van der Waals surface area contributed by atoms with Gasteiger partial charge in [-0.15, -0.1) is 0 Å². The summed E-state index contributed by atoms with van der Waals surface area (Å²) in [5.41, 5.74) is 2.55. The SMILES string of the molecule is CNc1nc(Cc2ccccc2C)ncc1I. The van der Waals surface area contributed by atoms with Crippen LogP contribution < -0.4 is 5.32 Å². The minimum atomic E-state index is 0.776. The molecule has 0 fully saturated rings. The molecular weight excluding hydrogens is 325 g/mol. The lowest BCUT2D eigenvalue weighted by Gasteiger charge is -2.07. The Labute approximate surface area is 115 Å². The molecule has 0 saturated heterocycles. The zero-order valence-corrected chi connectivity index (χ0v) is 12.0. The molecule has 0 amide bonds. The van der Waals surface area contributed by atoms with Crippen molar-refractivity contribution in [3.05, 3.63) is 51.0 Å². The van der Waals surface area contributed by atoms with Crippen LogP contribution in [-0.2, 0) is 6.42 Å². The molecule has 3 nitrogen and oxygen atoms in total. The molecule has 0 aliphatic heterocycles. The van der Waals surface area contributed by atoms with E-state index in [0.717, 1.165) is 21.6 Å². The third kappa shape index (κ3) is 2.94. The molecule has 0 aliphatic carbocycles. The number of nitrogens with zero attached hydrogens (tertiary/aromatic N) is 2. The Morgan fingerprint density at radius 2 is 2.06 bits per heavy atom. The van der Waals surface area contributed by atoms with Gasteiger partial charge in [0.1, 0.15) is 11.6 Å². The van der Waals surface area contributed by atoms with Crippen molar-refractivity contribution in [2.45, 2.75) is 13.3 Å². The monoisotopic (exact) mass is 339 g/mol. The summed E-state index contributed by atoms with van der Waals surface area (Å²) in [5, 5.41) is 3.08. The first-order valence-electron chi connectivity index (χ1n) is 5.44. The summed E-state index contributed by atoms with van der Waals surface area (Å²) in [6.07, 6.45) is 2.63. The Hall–Kier alpha value is -1.17. The molecule has 1 heterocycles. The van der Waals surface area contributed by atoms with Crippen LogP contribution in [0.4, 0.5) is 5.82 Å². The normalized spacial score (nSPS) is 10.3. The third-order valence-corrected chi connectivity index (χ3v) is 3.43. The van der Waals surface area contributed by atoms with Crippen molar-refractivity contribution >= 4 is 28.4 Å². The second-order valence-electron chi connectivity index (χ2n) is 3.84. The average molecular weight is 339 g/mol. The van der Waals surface area contributed by atoms with Crippen LogP contribution in [0.15, 0.2) is 30.5 Å². The predicted octanol–water partition coefficient (Wildman–Crippen LogP) is 3.02. The van der Waals surface area contributed by atoms with E-state index in [-0.39, 0.29) is 0 Å². The van der Waals surface area contributed by atoms with E-state index in [1.54, 1.807) is 0 Å². The molecule has 0 aliphatic rings. The van der Waals surface area contributed by atoms with Crippen LogP contribution in [0.25, 0.3) is 0 Å². The molecule has 1 N–H and O–H groups in total. The van der Waals surface area contributed by atoms with Crippen LogP contribution in [0, 0.1) is 10.5 Å². The third-order valence-electron chi connectivity index (χ3n) is 2.64. The molecule has 0 bridgehead atoms. The maximum atomic E-state index is 4.50.